The van der Waals surface area contributed by atoms with Gasteiger partial charge in [0.25, 0.3) is 0 Å². The Balaban J connectivity index is 5.24. The molecular formula is C73H142O17P2. The third-order valence-electron chi connectivity index (χ3n) is 16.8. The van der Waals surface area contributed by atoms with Gasteiger partial charge >= 0.3 is 39.5 Å². The highest BCUT2D eigenvalue weighted by Crippen LogP contribution is 2.45. The molecule has 0 aliphatic carbocycles. The van der Waals surface area contributed by atoms with Crippen molar-refractivity contribution in [1.29, 1.82) is 0 Å². The van der Waals surface area contributed by atoms with E-state index in [2.05, 4.69) is 55.4 Å². The number of carbonyl (C=O) groups is 4. The molecule has 17 nitrogen and oxygen atoms in total. The minimum absolute atomic E-state index is 0.103. The first-order chi connectivity index (χ1) is 44.1. The number of rotatable bonds is 70. The molecule has 19 heteroatoms. The van der Waals surface area contributed by atoms with Crippen LogP contribution in [0.5, 0.6) is 0 Å². The van der Waals surface area contributed by atoms with Crippen LogP contribution in [-0.4, -0.2) is 96.7 Å². The van der Waals surface area contributed by atoms with Crippen molar-refractivity contribution in [3.63, 3.8) is 0 Å². The van der Waals surface area contributed by atoms with Crippen molar-refractivity contribution in [3.8, 4) is 0 Å². The number of aliphatic hydroxyl groups is 1. The Labute approximate surface area is 562 Å². The minimum atomic E-state index is -4.96. The van der Waals surface area contributed by atoms with E-state index in [0.29, 0.717) is 31.6 Å². The number of aliphatic hydroxyl groups excluding tert-OH is 1. The highest BCUT2D eigenvalue weighted by atomic mass is 31.2. The number of hydrogen-bond donors (Lipinski definition) is 3. The molecule has 0 heterocycles. The summed E-state index contributed by atoms with van der Waals surface area (Å²) in [6.07, 6.45) is 46.0. The maximum Gasteiger partial charge on any atom is 0.472 e. The molecule has 3 N–H and O–H groups in total. The highest BCUT2D eigenvalue weighted by molar-refractivity contribution is 7.47. The number of hydrogen-bond acceptors (Lipinski definition) is 15. The predicted molar refractivity (Wildman–Crippen MR) is 372 cm³/mol. The van der Waals surface area contributed by atoms with Gasteiger partial charge in [0.1, 0.15) is 19.3 Å². The van der Waals surface area contributed by atoms with Crippen molar-refractivity contribution in [2.45, 2.75) is 382 Å². The quantitative estimate of drug-likeness (QED) is 0.0222. The maximum absolute atomic E-state index is 13.1. The van der Waals surface area contributed by atoms with Crippen molar-refractivity contribution in [2.75, 3.05) is 39.6 Å². The van der Waals surface area contributed by atoms with Gasteiger partial charge in [0.05, 0.1) is 26.4 Å². The second-order valence-electron chi connectivity index (χ2n) is 28.2. The summed E-state index contributed by atoms with van der Waals surface area (Å²) in [6.45, 7) is 14.1. The topological polar surface area (TPSA) is 237 Å². The summed E-state index contributed by atoms with van der Waals surface area (Å²) >= 11 is 0. The lowest BCUT2D eigenvalue weighted by Crippen LogP contribution is -2.30. The molecule has 0 aromatic rings. The number of phosphoric acid groups is 2. The van der Waals surface area contributed by atoms with E-state index in [-0.39, 0.29) is 25.7 Å². The first-order valence-corrected chi connectivity index (χ1v) is 40.7. The Kier molecular flexibility index (Phi) is 61.3. The monoisotopic (exact) mass is 1350 g/mol. The molecule has 0 rings (SSSR count). The lowest BCUT2D eigenvalue weighted by molar-refractivity contribution is -0.161. The van der Waals surface area contributed by atoms with Gasteiger partial charge in [0, 0.05) is 25.7 Å². The van der Waals surface area contributed by atoms with Gasteiger partial charge in [-0.3, -0.25) is 37.3 Å². The summed E-state index contributed by atoms with van der Waals surface area (Å²) in [5.41, 5.74) is 0. The zero-order chi connectivity index (χ0) is 68.2. The fourth-order valence-electron chi connectivity index (χ4n) is 11.0. The Morgan fingerprint density at radius 1 is 0.272 bits per heavy atom. The van der Waals surface area contributed by atoms with Crippen LogP contribution in [0, 0.1) is 23.7 Å². The minimum Gasteiger partial charge on any atom is -0.462 e. The van der Waals surface area contributed by atoms with E-state index in [1.54, 1.807) is 0 Å². The zero-order valence-electron chi connectivity index (χ0n) is 60.2. The van der Waals surface area contributed by atoms with E-state index < -0.39 is 97.5 Å². The molecule has 0 aliphatic rings. The molecule has 5 atom stereocenters. The second kappa shape index (κ2) is 62.6. The van der Waals surface area contributed by atoms with Crippen LogP contribution < -0.4 is 0 Å². The normalized spacial score (nSPS) is 14.2. The summed E-state index contributed by atoms with van der Waals surface area (Å²) in [7, 11) is -9.91. The molecule has 0 aliphatic heterocycles. The zero-order valence-corrected chi connectivity index (χ0v) is 62.0. The molecular weight excluding hydrogens is 1210 g/mol. The lowest BCUT2D eigenvalue weighted by Gasteiger charge is -2.21. The molecule has 546 valence electrons. The van der Waals surface area contributed by atoms with Crippen LogP contribution >= 0.6 is 15.6 Å². The van der Waals surface area contributed by atoms with Crippen molar-refractivity contribution < 1.29 is 80.2 Å². The van der Waals surface area contributed by atoms with Gasteiger partial charge in [0.15, 0.2) is 12.2 Å². The molecule has 92 heavy (non-hydrogen) atoms. The van der Waals surface area contributed by atoms with Crippen LogP contribution in [0.1, 0.15) is 364 Å². The largest absolute Gasteiger partial charge is 0.472 e. The van der Waals surface area contributed by atoms with Crippen LogP contribution in [0.25, 0.3) is 0 Å². The van der Waals surface area contributed by atoms with Gasteiger partial charge in [-0.15, -0.1) is 0 Å². The molecule has 0 radical (unpaired) electrons. The summed E-state index contributed by atoms with van der Waals surface area (Å²) in [6, 6.07) is 0. The standard InChI is InChI=1S/C73H142O17P2/c1-63(2)49-41-33-25-19-15-11-9-13-17-21-28-37-45-53-70(75)83-59-68(89-72(77)55-47-39-29-22-18-14-10-12-16-20-26-34-42-50-64(3)4)61-87-91(79,80)85-57-67(74)58-86-92(81,82)88-62-69(60-84-71(76)54-46-38-32-31-36-44-52-66(7)8)90-73(78)56-48-40-30-24-23-27-35-43-51-65(5)6/h63-69,74H,9-62H2,1-8H3,(H,79,80)(H,81,82)/t67-,68-,69-/m1/s1. The number of esters is 4. The molecule has 0 aromatic carbocycles. The molecule has 0 saturated heterocycles. The smallest absolute Gasteiger partial charge is 0.462 e. The van der Waals surface area contributed by atoms with E-state index in [0.717, 1.165) is 114 Å². The third kappa shape index (κ3) is 66.7. The number of carbonyl (C=O) groups excluding carboxylic acids is 4. The van der Waals surface area contributed by atoms with Crippen molar-refractivity contribution in [2.24, 2.45) is 23.7 Å². The van der Waals surface area contributed by atoms with Crippen LogP contribution in [-0.2, 0) is 65.4 Å². The van der Waals surface area contributed by atoms with E-state index in [1.165, 1.54) is 161 Å². The maximum atomic E-state index is 13.1. The first-order valence-electron chi connectivity index (χ1n) is 37.7. The Hall–Kier alpha value is -1.94. The van der Waals surface area contributed by atoms with Crippen LogP contribution in [0.3, 0.4) is 0 Å². The highest BCUT2D eigenvalue weighted by Gasteiger charge is 2.30. The van der Waals surface area contributed by atoms with Gasteiger partial charge < -0.3 is 33.8 Å². The van der Waals surface area contributed by atoms with Crippen molar-refractivity contribution in [1.82, 2.24) is 0 Å². The van der Waals surface area contributed by atoms with Gasteiger partial charge in [-0.05, 0) is 49.4 Å². The molecule has 0 saturated carbocycles. The first kappa shape index (κ1) is 90.1. The number of phosphoric ester groups is 2. The summed E-state index contributed by atoms with van der Waals surface area (Å²) in [5.74, 6) is 0.848. The van der Waals surface area contributed by atoms with Crippen LogP contribution in [0.2, 0.25) is 0 Å². The Morgan fingerprint density at radius 2 is 0.457 bits per heavy atom. The molecule has 0 aromatic heterocycles. The number of unbranched alkanes of at least 4 members (excludes halogenated alkanes) is 36. The SMILES string of the molecule is CC(C)CCCCCCCCCCCCCCCC(=O)OC[C@H](COP(=O)(O)OC[C@@H](O)COP(=O)(O)OC[C@@H](COC(=O)CCCCCCCCC(C)C)OC(=O)CCCCCCCCCCC(C)C)OC(=O)CCCCCCCCCCCCCCCC(C)C. The molecule has 2 unspecified atom stereocenters. The molecule has 0 spiro atoms. The third-order valence-corrected chi connectivity index (χ3v) is 18.7. The van der Waals surface area contributed by atoms with Gasteiger partial charge in [-0.1, -0.05) is 312 Å². The van der Waals surface area contributed by atoms with Crippen molar-refractivity contribution >= 4 is 39.5 Å². The summed E-state index contributed by atoms with van der Waals surface area (Å²) in [5, 5.41) is 10.6. The Bertz CT molecular complexity index is 1820. The lowest BCUT2D eigenvalue weighted by atomic mass is 10.0. The summed E-state index contributed by atoms with van der Waals surface area (Å²) < 4.78 is 68.4. The second-order valence-corrected chi connectivity index (χ2v) is 31.1. The van der Waals surface area contributed by atoms with Gasteiger partial charge in [0.2, 0.25) is 0 Å². The fraction of sp³-hybridized carbons (Fsp3) is 0.945. The van der Waals surface area contributed by atoms with E-state index >= 15 is 0 Å². The molecule has 0 amide bonds. The van der Waals surface area contributed by atoms with E-state index in [1.807, 2.05) is 0 Å². The van der Waals surface area contributed by atoms with Crippen molar-refractivity contribution in [3.05, 3.63) is 0 Å². The average molecular weight is 1350 g/mol. The summed E-state index contributed by atoms with van der Waals surface area (Å²) in [4.78, 5) is 72.6. The molecule has 0 fully saturated rings. The van der Waals surface area contributed by atoms with E-state index in [9.17, 15) is 43.2 Å². The van der Waals surface area contributed by atoms with Crippen LogP contribution in [0.15, 0.2) is 0 Å². The molecule has 0 bridgehead atoms. The predicted octanol–water partition coefficient (Wildman–Crippen LogP) is 20.9. The fourth-order valence-corrected chi connectivity index (χ4v) is 12.6. The Morgan fingerprint density at radius 3 is 0.674 bits per heavy atom. The van der Waals surface area contributed by atoms with Gasteiger partial charge in [-0.2, -0.15) is 0 Å². The number of ether oxygens (including phenoxy) is 4. The van der Waals surface area contributed by atoms with E-state index in [4.69, 9.17) is 37.0 Å². The van der Waals surface area contributed by atoms with Gasteiger partial charge in [-0.25, -0.2) is 9.13 Å². The average Bonchev–Trinajstić information content (AvgIpc) is 3.09. The van der Waals surface area contributed by atoms with Crippen LogP contribution in [0.4, 0.5) is 0 Å².